The minimum atomic E-state index is -0.779. The Labute approximate surface area is 410 Å². The zero-order valence-electron chi connectivity index (χ0n) is 44.2. The fraction of sp³-hybridized carbons (Fsp3) is 0.850. The number of esters is 3. The van der Waals surface area contributed by atoms with Gasteiger partial charge in [0.25, 0.3) is 0 Å². The molecule has 0 rings (SSSR count). The van der Waals surface area contributed by atoms with Crippen LogP contribution in [0.25, 0.3) is 0 Å². The predicted molar refractivity (Wildman–Crippen MR) is 284 cm³/mol. The lowest BCUT2D eigenvalue weighted by molar-refractivity contribution is -0.167. The molecule has 0 heterocycles. The van der Waals surface area contributed by atoms with Gasteiger partial charge in [0.1, 0.15) is 13.2 Å². The zero-order valence-corrected chi connectivity index (χ0v) is 44.2. The Morgan fingerprint density at radius 3 is 0.773 bits per heavy atom. The Hall–Kier alpha value is -2.37. The number of rotatable bonds is 53. The van der Waals surface area contributed by atoms with E-state index in [0.717, 1.165) is 70.6 Å². The highest BCUT2D eigenvalue weighted by molar-refractivity contribution is 5.71. The van der Waals surface area contributed by atoms with Crippen molar-refractivity contribution in [3.8, 4) is 0 Å². The molecule has 1 atom stereocenters. The minimum Gasteiger partial charge on any atom is -0.462 e. The fourth-order valence-electron chi connectivity index (χ4n) is 8.43. The smallest absolute Gasteiger partial charge is 0.306 e. The number of carbonyl (C=O) groups is 3. The van der Waals surface area contributed by atoms with Crippen LogP contribution in [0.1, 0.15) is 310 Å². The van der Waals surface area contributed by atoms with Crippen LogP contribution in [0, 0.1) is 0 Å². The van der Waals surface area contributed by atoms with Crippen molar-refractivity contribution in [1.29, 1.82) is 0 Å². The van der Waals surface area contributed by atoms with Crippen LogP contribution < -0.4 is 0 Å². The van der Waals surface area contributed by atoms with E-state index >= 15 is 0 Å². The summed E-state index contributed by atoms with van der Waals surface area (Å²) >= 11 is 0. The van der Waals surface area contributed by atoms with Gasteiger partial charge in [-0.15, -0.1) is 0 Å². The summed E-state index contributed by atoms with van der Waals surface area (Å²) in [5.41, 5.74) is 0. The SMILES string of the molecule is CCCCCC/C=C\CCCCCCCC(=O)OCC(COC(=O)CCCCCCCCCCC/C=C\CCCCCCCC)OC(=O)CCCCCCC/C=C\CCCCCCCCC. The van der Waals surface area contributed by atoms with Crippen molar-refractivity contribution in [2.24, 2.45) is 0 Å². The molecule has 386 valence electrons. The van der Waals surface area contributed by atoms with E-state index in [4.69, 9.17) is 14.2 Å². The molecule has 0 amide bonds. The molecule has 1 unspecified atom stereocenters. The third-order valence-corrected chi connectivity index (χ3v) is 12.8. The second-order valence-electron chi connectivity index (χ2n) is 19.5. The molecule has 0 aromatic carbocycles. The zero-order chi connectivity index (χ0) is 47.9. The molecule has 66 heavy (non-hydrogen) atoms. The molecule has 6 heteroatoms. The first kappa shape index (κ1) is 63.6. The molecule has 0 aromatic rings. The third-order valence-electron chi connectivity index (χ3n) is 12.8. The molecular formula is C60H110O6. The first-order valence-corrected chi connectivity index (χ1v) is 29.0. The van der Waals surface area contributed by atoms with Gasteiger partial charge in [-0.3, -0.25) is 14.4 Å². The summed E-state index contributed by atoms with van der Waals surface area (Å²) in [6, 6.07) is 0. The normalized spacial score (nSPS) is 12.2. The summed E-state index contributed by atoms with van der Waals surface area (Å²) in [5.74, 6) is -0.881. The molecule has 0 radical (unpaired) electrons. The Morgan fingerprint density at radius 1 is 0.288 bits per heavy atom. The minimum absolute atomic E-state index is 0.0770. The molecule has 6 nitrogen and oxygen atoms in total. The molecule has 0 aromatic heterocycles. The quantitative estimate of drug-likeness (QED) is 0.0262. The van der Waals surface area contributed by atoms with Crippen molar-refractivity contribution >= 4 is 17.9 Å². The van der Waals surface area contributed by atoms with Gasteiger partial charge in [-0.2, -0.15) is 0 Å². The summed E-state index contributed by atoms with van der Waals surface area (Å²) in [6.45, 7) is 6.64. The largest absolute Gasteiger partial charge is 0.462 e. The standard InChI is InChI=1S/C60H110O6/c1-4-7-10-13-16-19-22-25-27-29-30-31-33-35-38-41-44-47-50-53-59(62)65-56-57(55-64-58(61)52-49-46-43-40-37-34-24-21-18-15-12-9-6-3)66-60(63)54-51-48-45-42-39-36-32-28-26-23-20-17-14-11-8-5-2/h21,24-25,27-28,32,57H,4-20,22-23,26,29-31,33-56H2,1-3H3/b24-21-,27-25-,32-28-. The molecule has 0 spiro atoms. The van der Waals surface area contributed by atoms with Crippen LogP contribution in [0.3, 0.4) is 0 Å². The molecule has 0 saturated carbocycles. The van der Waals surface area contributed by atoms with Crippen molar-refractivity contribution in [3.05, 3.63) is 36.5 Å². The Morgan fingerprint density at radius 2 is 0.500 bits per heavy atom. The van der Waals surface area contributed by atoms with Crippen LogP contribution >= 0.6 is 0 Å². The van der Waals surface area contributed by atoms with Crippen molar-refractivity contribution in [2.45, 2.75) is 316 Å². The Balaban J connectivity index is 4.34. The summed E-state index contributed by atoms with van der Waals surface area (Å²) in [7, 11) is 0. The number of ether oxygens (including phenoxy) is 3. The second-order valence-corrected chi connectivity index (χ2v) is 19.5. The van der Waals surface area contributed by atoms with Crippen LogP contribution in [0.2, 0.25) is 0 Å². The van der Waals surface area contributed by atoms with E-state index in [1.165, 1.54) is 199 Å². The summed E-state index contributed by atoms with van der Waals surface area (Å²) in [6.07, 6.45) is 65.6. The van der Waals surface area contributed by atoms with Crippen molar-refractivity contribution in [3.63, 3.8) is 0 Å². The Kier molecular flexibility index (Phi) is 53.2. The number of hydrogen-bond donors (Lipinski definition) is 0. The van der Waals surface area contributed by atoms with Gasteiger partial charge in [0.15, 0.2) is 6.10 Å². The van der Waals surface area contributed by atoms with Crippen LogP contribution in [-0.2, 0) is 28.6 Å². The molecule has 0 bridgehead atoms. The van der Waals surface area contributed by atoms with Crippen LogP contribution in [0.15, 0.2) is 36.5 Å². The first-order chi connectivity index (χ1) is 32.5. The van der Waals surface area contributed by atoms with Gasteiger partial charge in [-0.25, -0.2) is 0 Å². The molecule has 0 fully saturated rings. The first-order valence-electron chi connectivity index (χ1n) is 29.0. The van der Waals surface area contributed by atoms with E-state index in [9.17, 15) is 14.4 Å². The van der Waals surface area contributed by atoms with Gasteiger partial charge in [0, 0.05) is 19.3 Å². The van der Waals surface area contributed by atoms with E-state index in [1.54, 1.807) is 0 Å². The number of hydrogen-bond acceptors (Lipinski definition) is 6. The lowest BCUT2D eigenvalue weighted by Crippen LogP contribution is -2.30. The lowest BCUT2D eigenvalue weighted by atomic mass is 10.1. The number of allylic oxidation sites excluding steroid dienone is 6. The maximum absolute atomic E-state index is 12.8. The van der Waals surface area contributed by atoms with Gasteiger partial charge in [0.2, 0.25) is 0 Å². The van der Waals surface area contributed by atoms with Gasteiger partial charge in [0.05, 0.1) is 0 Å². The predicted octanol–water partition coefficient (Wildman–Crippen LogP) is 19.3. The maximum atomic E-state index is 12.8. The molecule has 0 aliphatic heterocycles. The highest BCUT2D eigenvalue weighted by Gasteiger charge is 2.19. The summed E-state index contributed by atoms with van der Waals surface area (Å²) in [4.78, 5) is 38.1. The monoisotopic (exact) mass is 927 g/mol. The van der Waals surface area contributed by atoms with Gasteiger partial charge < -0.3 is 14.2 Å². The van der Waals surface area contributed by atoms with Crippen molar-refractivity contribution in [2.75, 3.05) is 13.2 Å². The van der Waals surface area contributed by atoms with Gasteiger partial charge in [-0.05, 0) is 96.3 Å². The summed E-state index contributed by atoms with van der Waals surface area (Å²) in [5, 5.41) is 0. The van der Waals surface area contributed by atoms with E-state index < -0.39 is 6.10 Å². The molecular weight excluding hydrogens is 817 g/mol. The second kappa shape index (κ2) is 55.2. The van der Waals surface area contributed by atoms with E-state index in [-0.39, 0.29) is 31.1 Å². The van der Waals surface area contributed by atoms with Crippen molar-refractivity contribution in [1.82, 2.24) is 0 Å². The van der Waals surface area contributed by atoms with E-state index in [2.05, 4.69) is 57.2 Å². The third kappa shape index (κ3) is 52.6. The highest BCUT2D eigenvalue weighted by Crippen LogP contribution is 2.16. The maximum Gasteiger partial charge on any atom is 0.306 e. The van der Waals surface area contributed by atoms with E-state index in [1.807, 2.05) is 0 Å². The fourth-order valence-corrected chi connectivity index (χ4v) is 8.43. The van der Waals surface area contributed by atoms with Gasteiger partial charge >= 0.3 is 17.9 Å². The lowest BCUT2D eigenvalue weighted by Gasteiger charge is -2.18. The van der Waals surface area contributed by atoms with Crippen LogP contribution in [0.5, 0.6) is 0 Å². The van der Waals surface area contributed by atoms with Crippen molar-refractivity contribution < 1.29 is 28.6 Å². The molecule has 0 aliphatic carbocycles. The van der Waals surface area contributed by atoms with Crippen LogP contribution in [-0.4, -0.2) is 37.2 Å². The average molecular weight is 928 g/mol. The Bertz CT molecular complexity index is 1110. The molecule has 0 saturated heterocycles. The number of unbranched alkanes of at least 4 members (excludes halogenated alkanes) is 36. The topological polar surface area (TPSA) is 78.9 Å². The highest BCUT2D eigenvalue weighted by atomic mass is 16.6. The summed E-state index contributed by atoms with van der Waals surface area (Å²) < 4.78 is 16.9. The van der Waals surface area contributed by atoms with E-state index in [0.29, 0.717) is 19.3 Å². The molecule has 0 N–H and O–H groups in total. The molecule has 0 aliphatic rings. The van der Waals surface area contributed by atoms with Gasteiger partial charge in [-0.1, -0.05) is 231 Å². The average Bonchev–Trinajstić information content (AvgIpc) is 3.31. The van der Waals surface area contributed by atoms with Crippen LogP contribution in [0.4, 0.5) is 0 Å². The number of carbonyl (C=O) groups excluding carboxylic acids is 3.